The molecule has 18 heavy (non-hydrogen) atoms. The van der Waals surface area contributed by atoms with Gasteiger partial charge in [-0.2, -0.15) is 0 Å². The van der Waals surface area contributed by atoms with Crippen LogP contribution in [0.5, 0.6) is 5.75 Å². The number of piperidine rings is 1. The topological polar surface area (TPSA) is 50.4 Å². The highest BCUT2D eigenvalue weighted by atomic mass is 35.5. The van der Waals surface area contributed by atoms with E-state index >= 15 is 0 Å². The minimum absolute atomic E-state index is 0. The lowest BCUT2D eigenvalue weighted by Gasteiger charge is -2.08. The average Bonchev–Trinajstić information content (AvgIpc) is 2.80. The van der Waals surface area contributed by atoms with Gasteiger partial charge in [0, 0.05) is 24.7 Å². The van der Waals surface area contributed by atoms with Crippen molar-refractivity contribution in [2.24, 2.45) is 11.8 Å². The van der Waals surface area contributed by atoms with Gasteiger partial charge in [-0.25, -0.2) is 0 Å². The molecule has 1 saturated carbocycles. The minimum atomic E-state index is 0. The third-order valence-electron chi connectivity index (χ3n) is 3.74. The molecule has 98 valence electrons. The van der Waals surface area contributed by atoms with E-state index in [4.69, 9.17) is 4.74 Å². The van der Waals surface area contributed by atoms with Crippen LogP contribution in [-0.4, -0.2) is 32.1 Å². The van der Waals surface area contributed by atoms with Gasteiger partial charge in [0.15, 0.2) is 0 Å². The fourth-order valence-electron chi connectivity index (χ4n) is 2.61. The maximum Gasteiger partial charge on any atom is 0.251 e. The maximum atomic E-state index is 12.0. The van der Waals surface area contributed by atoms with Crippen LogP contribution < -0.4 is 15.4 Å². The molecule has 4 nitrogen and oxygen atoms in total. The monoisotopic (exact) mass is 268 g/mol. The minimum Gasteiger partial charge on any atom is -0.497 e. The second-order valence-electron chi connectivity index (χ2n) is 4.71. The van der Waals surface area contributed by atoms with Gasteiger partial charge in [0.1, 0.15) is 5.75 Å². The summed E-state index contributed by atoms with van der Waals surface area (Å²) in [6.07, 6.45) is 0. The molecule has 2 unspecified atom stereocenters. The van der Waals surface area contributed by atoms with Crippen LogP contribution in [0.15, 0.2) is 24.3 Å². The van der Waals surface area contributed by atoms with E-state index in [1.54, 1.807) is 19.2 Å². The molecule has 0 bridgehead atoms. The number of halogens is 1. The van der Waals surface area contributed by atoms with Gasteiger partial charge in [0.05, 0.1) is 7.11 Å². The van der Waals surface area contributed by atoms with Crippen LogP contribution in [0, 0.1) is 11.8 Å². The first-order valence-corrected chi connectivity index (χ1v) is 5.95. The Balaban J connectivity index is 0.00000120. The molecular formula is C13H17ClN2O2. The van der Waals surface area contributed by atoms with E-state index in [1.165, 1.54) is 0 Å². The molecule has 2 atom stereocenters. The lowest BCUT2D eigenvalue weighted by Crippen LogP contribution is -2.32. The summed E-state index contributed by atoms with van der Waals surface area (Å²) < 4.78 is 5.06. The fraction of sp³-hybridized carbons (Fsp3) is 0.462. The van der Waals surface area contributed by atoms with Gasteiger partial charge in [-0.3, -0.25) is 4.79 Å². The second kappa shape index (κ2) is 5.16. The van der Waals surface area contributed by atoms with Gasteiger partial charge in [-0.15, -0.1) is 12.4 Å². The van der Waals surface area contributed by atoms with E-state index in [0.29, 0.717) is 23.4 Å². The van der Waals surface area contributed by atoms with Crippen LogP contribution in [0.3, 0.4) is 0 Å². The molecule has 1 aliphatic heterocycles. The lowest BCUT2D eigenvalue weighted by molar-refractivity contribution is 0.0946. The number of rotatable bonds is 3. The highest BCUT2D eigenvalue weighted by molar-refractivity contribution is 5.94. The molecule has 3 rings (SSSR count). The summed E-state index contributed by atoms with van der Waals surface area (Å²) in [7, 11) is 1.62. The molecule has 2 N–H and O–H groups in total. The molecule has 1 aromatic rings. The van der Waals surface area contributed by atoms with Gasteiger partial charge < -0.3 is 15.4 Å². The molecule has 0 aromatic heterocycles. The Morgan fingerprint density at radius 2 is 1.89 bits per heavy atom. The van der Waals surface area contributed by atoms with Crippen molar-refractivity contribution in [1.82, 2.24) is 10.6 Å². The van der Waals surface area contributed by atoms with Crippen molar-refractivity contribution in [3.63, 3.8) is 0 Å². The zero-order chi connectivity index (χ0) is 11.8. The number of methoxy groups -OCH3 is 1. The van der Waals surface area contributed by atoms with Crippen LogP contribution in [0.4, 0.5) is 0 Å². The molecule has 1 aromatic carbocycles. The van der Waals surface area contributed by atoms with Crippen LogP contribution >= 0.6 is 12.4 Å². The molecule has 5 heteroatoms. The summed E-state index contributed by atoms with van der Waals surface area (Å²) in [5.74, 6) is 2.09. The number of carbonyl (C=O) groups excluding carboxylic acids is 1. The normalized spacial score (nSPS) is 27.9. The van der Waals surface area contributed by atoms with Crippen LogP contribution in [0.2, 0.25) is 0 Å². The first-order valence-electron chi connectivity index (χ1n) is 5.95. The van der Waals surface area contributed by atoms with E-state index in [0.717, 1.165) is 18.8 Å². The van der Waals surface area contributed by atoms with Crippen molar-refractivity contribution in [2.75, 3.05) is 20.2 Å². The predicted octanol–water partition coefficient (Wildman–Crippen LogP) is 1.06. The molecule has 1 aliphatic carbocycles. The maximum absolute atomic E-state index is 12.0. The Hall–Kier alpha value is -1.26. The summed E-state index contributed by atoms with van der Waals surface area (Å²) in [6.45, 7) is 2.08. The van der Waals surface area contributed by atoms with E-state index in [1.807, 2.05) is 12.1 Å². The average molecular weight is 269 g/mol. The SMILES string of the molecule is COc1ccc(C(=O)NC2C3CNCC32)cc1.Cl. The molecule has 2 fully saturated rings. The number of amides is 1. The van der Waals surface area contributed by atoms with Crippen molar-refractivity contribution in [3.05, 3.63) is 29.8 Å². The summed E-state index contributed by atoms with van der Waals surface area (Å²) in [6, 6.07) is 7.59. The van der Waals surface area contributed by atoms with Gasteiger partial charge in [0.25, 0.3) is 5.91 Å². The van der Waals surface area contributed by atoms with Crippen LogP contribution in [0.25, 0.3) is 0 Å². The standard InChI is InChI=1S/C13H16N2O2.ClH/c1-17-9-4-2-8(3-5-9)13(16)15-12-10-6-14-7-11(10)12;/h2-5,10-12,14H,6-7H2,1H3,(H,15,16);1H. The quantitative estimate of drug-likeness (QED) is 0.862. The Labute approximate surface area is 113 Å². The van der Waals surface area contributed by atoms with Crippen molar-refractivity contribution < 1.29 is 9.53 Å². The van der Waals surface area contributed by atoms with E-state index in [9.17, 15) is 4.79 Å². The molecule has 1 heterocycles. The van der Waals surface area contributed by atoms with Crippen molar-refractivity contribution in [3.8, 4) is 5.75 Å². The van der Waals surface area contributed by atoms with Crippen molar-refractivity contribution >= 4 is 18.3 Å². The molecule has 1 amide bonds. The fourth-order valence-corrected chi connectivity index (χ4v) is 2.61. The Morgan fingerprint density at radius 3 is 2.44 bits per heavy atom. The molecule has 0 spiro atoms. The Morgan fingerprint density at radius 1 is 1.28 bits per heavy atom. The smallest absolute Gasteiger partial charge is 0.251 e. The van der Waals surface area contributed by atoms with Crippen molar-refractivity contribution in [2.45, 2.75) is 6.04 Å². The zero-order valence-corrected chi connectivity index (χ0v) is 11.0. The van der Waals surface area contributed by atoms with Crippen LogP contribution in [0.1, 0.15) is 10.4 Å². The molecule has 0 radical (unpaired) electrons. The van der Waals surface area contributed by atoms with E-state index < -0.39 is 0 Å². The second-order valence-corrected chi connectivity index (χ2v) is 4.71. The Kier molecular flexibility index (Phi) is 3.78. The third kappa shape index (κ3) is 2.31. The molecule has 1 saturated heterocycles. The Bertz CT molecular complexity index is 425. The number of hydrogen-bond donors (Lipinski definition) is 2. The number of ether oxygens (including phenoxy) is 1. The van der Waals surface area contributed by atoms with E-state index in [-0.39, 0.29) is 18.3 Å². The number of benzene rings is 1. The number of fused-ring (bicyclic) bond motifs is 1. The number of nitrogens with one attached hydrogen (secondary N) is 2. The zero-order valence-electron chi connectivity index (χ0n) is 10.2. The summed E-state index contributed by atoms with van der Waals surface area (Å²) in [5, 5.41) is 6.40. The molecule has 2 aliphatic rings. The summed E-state index contributed by atoms with van der Waals surface area (Å²) in [4.78, 5) is 12.0. The first-order chi connectivity index (χ1) is 8.29. The van der Waals surface area contributed by atoms with Gasteiger partial charge in [0.2, 0.25) is 0 Å². The predicted molar refractivity (Wildman–Crippen MR) is 71.3 cm³/mol. The summed E-state index contributed by atoms with van der Waals surface area (Å²) >= 11 is 0. The van der Waals surface area contributed by atoms with E-state index in [2.05, 4.69) is 10.6 Å². The number of carbonyl (C=O) groups is 1. The van der Waals surface area contributed by atoms with Crippen LogP contribution in [-0.2, 0) is 0 Å². The number of hydrogen-bond acceptors (Lipinski definition) is 3. The van der Waals surface area contributed by atoms with Gasteiger partial charge in [-0.05, 0) is 36.1 Å². The van der Waals surface area contributed by atoms with Gasteiger partial charge in [-0.1, -0.05) is 0 Å². The van der Waals surface area contributed by atoms with Crippen molar-refractivity contribution in [1.29, 1.82) is 0 Å². The lowest BCUT2D eigenvalue weighted by atomic mass is 10.2. The first kappa shape index (κ1) is 13.2. The van der Waals surface area contributed by atoms with Gasteiger partial charge >= 0.3 is 0 Å². The third-order valence-corrected chi connectivity index (χ3v) is 3.74. The highest BCUT2D eigenvalue weighted by Gasteiger charge is 2.53. The largest absolute Gasteiger partial charge is 0.497 e. The summed E-state index contributed by atoms with van der Waals surface area (Å²) in [5.41, 5.74) is 0.698. The highest BCUT2D eigenvalue weighted by Crippen LogP contribution is 2.41. The molecular weight excluding hydrogens is 252 g/mol.